The average Bonchev–Trinajstić information content (AvgIpc) is 2.29. The van der Waals surface area contributed by atoms with Crippen LogP contribution in [0.5, 0.6) is 0 Å². The number of hydrogen-bond acceptors (Lipinski definition) is 3. The van der Waals surface area contributed by atoms with Gasteiger partial charge in [0.25, 0.3) is 0 Å². The second-order valence-electron chi connectivity index (χ2n) is 3.87. The minimum atomic E-state index is -1.46. The maximum absolute atomic E-state index is 12.7. The van der Waals surface area contributed by atoms with Crippen LogP contribution in [0, 0.1) is 5.82 Å². The Bertz CT molecular complexity index is 422. The molecular formula is C12H16FNO3S. The van der Waals surface area contributed by atoms with Gasteiger partial charge < -0.3 is 10.1 Å². The van der Waals surface area contributed by atoms with Gasteiger partial charge in [0.1, 0.15) is 11.6 Å². The van der Waals surface area contributed by atoms with Crippen LogP contribution in [-0.2, 0) is 20.3 Å². The summed E-state index contributed by atoms with van der Waals surface area (Å²) in [5.41, 5.74) is 0. The van der Waals surface area contributed by atoms with E-state index in [-0.39, 0.29) is 17.7 Å². The fourth-order valence-corrected chi connectivity index (χ4v) is 2.32. The maximum atomic E-state index is 12.7. The zero-order chi connectivity index (χ0) is 13.5. The molecule has 100 valence electrons. The summed E-state index contributed by atoms with van der Waals surface area (Å²) in [5, 5.41) is 2.66. The van der Waals surface area contributed by atoms with Crippen LogP contribution < -0.4 is 5.32 Å². The van der Waals surface area contributed by atoms with Crippen LogP contribution in [0.1, 0.15) is 6.92 Å². The standard InChI is InChI=1S/C12H16FNO3S/c1-9(7-17-2)14-12(15)8-18(16)11-5-3-10(13)4-6-11/h3-6,9H,7-8H2,1-2H3,(H,14,15). The summed E-state index contributed by atoms with van der Waals surface area (Å²) in [5.74, 6) is -0.851. The van der Waals surface area contributed by atoms with Gasteiger partial charge >= 0.3 is 0 Å². The third-order valence-electron chi connectivity index (χ3n) is 2.16. The highest BCUT2D eigenvalue weighted by atomic mass is 32.2. The van der Waals surface area contributed by atoms with Crippen molar-refractivity contribution in [1.29, 1.82) is 0 Å². The molecule has 1 N–H and O–H groups in total. The lowest BCUT2D eigenvalue weighted by Gasteiger charge is -2.12. The molecule has 0 saturated carbocycles. The van der Waals surface area contributed by atoms with Crippen molar-refractivity contribution in [2.45, 2.75) is 17.9 Å². The first-order valence-electron chi connectivity index (χ1n) is 5.45. The van der Waals surface area contributed by atoms with Crippen LogP contribution in [-0.4, -0.2) is 35.6 Å². The minimum absolute atomic E-state index is 0.132. The number of carbonyl (C=O) groups is 1. The van der Waals surface area contributed by atoms with Gasteiger partial charge in [-0.1, -0.05) is 0 Å². The van der Waals surface area contributed by atoms with Crippen molar-refractivity contribution >= 4 is 16.7 Å². The first-order chi connectivity index (χ1) is 8.52. The molecule has 1 amide bonds. The fraction of sp³-hybridized carbons (Fsp3) is 0.417. The van der Waals surface area contributed by atoms with E-state index in [0.29, 0.717) is 11.5 Å². The topological polar surface area (TPSA) is 55.4 Å². The predicted octanol–water partition coefficient (Wildman–Crippen LogP) is 1.08. The average molecular weight is 273 g/mol. The molecule has 2 atom stereocenters. The van der Waals surface area contributed by atoms with Crippen molar-refractivity contribution in [3.63, 3.8) is 0 Å². The summed E-state index contributed by atoms with van der Waals surface area (Å²) in [6, 6.07) is 5.14. The molecule has 0 aliphatic heterocycles. The van der Waals surface area contributed by atoms with Crippen molar-refractivity contribution in [3.05, 3.63) is 30.1 Å². The third-order valence-corrected chi connectivity index (χ3v) is 3.49. The first-order valence-corrected chi connectivity index (χ1v) is 6.77. The SMILES string of the molecule is COCC(C)NC(=O)CS(=O)c1ccc(F)cc1. The number of carbonyl (C=O) groups excluding carboxylic acids is 1. The van der Waals surface area contributed by atoms with Crippen LogP contribution >= 0.6 is 0 Å². The van der Waals surface area contributed by atoms with Gasteiger partial charge in [-0.15, -0.1) is 0 Å². The molecule has 0 heterocycles. The van der Waals surface area contributed by atoms with E-state index >= 15 is 0 Å². The van der Waals surface area contributed by atoms with Gasteiger partial charge in [0.05, 0.1) is 17.4 Å². The summed E-state index contributed by atoms with van der Waals surface area (Å²) in [4.78, 5) is 12.0. The summed E-state index contributed by atoms with van der Waals surface area (Å²) in [7, 11) is 0.0793. The largest absolute Gasteiger partial charge is 0.383 e. The number of ether oxygens (including phenoxy) is 1. The van der Waals surface area contributed by atoms with E-state index in [4.69, 9.17) is 4.74 Å². The van der Waals surface area contributed by atoms with Crippen LogP contribution in [0.15, 0.2) is 29.2 Å². The molecule has 18 heavy (non-hydrogen) atoms. The van der Waals surface area contributed by atoms with E-state index in [0.717, 1.165) is 0 Å². The number of methoxy groups -OCH3 is 1. The summed E-state index contributed by atoms with van der Waals surface area (Å²) in [6.45, 7) is 2.19. The molecule has 1 rings (SSSR count). The zero-order valence-corrected chi connectivity index (χ0v) is 11.1. The number of rotatable bonds is 6. The molecule has 1 aromatic carbocycles. The molecule has 0 radical (unpaired) electrons. The van der Waals surface area contributed by atoms with E-state index < -0.39 is 16.6 Å². The number of amides is 1. The van der Waals surface area contributed by atoms with E-state index in [9.17, 15) is 13.4 Å². The van der Waals surface area contributed by atoms with Crippen molar-refractivity contribution in [1.82, 2.24) is 5.32 Å². The lowest BCUT2D eigenvalue weighted by Crippen LogP contribution is -2.38. The Morgan fingerprint density at radius 2 is 2.06 bits per heavy atom. The van der Waals surface area contributed by atoms with E-state index in [1.165, 1.54) is 24.3 Å². The molecule has 0 aliphatic rings. The summed E-state index contributed by atoms with van der Waals surface area (Å²) >= 11 is 0. The molecule has 0 spiro atoms. The summed E-state index contributed by atoms with van der Waals surface area (Å²) < 4.78 is 29.4. The van der Waals surface area contributed by atoms with Crippen LogP contribution in [0.4, 0.5) is 4.39 Å². The Balaban J connectivity index is 2.49. The molecule has 4 nitrogen and oxygen atoms in total. The Morgan fingerprint density at radius 1 is 1.44 bits per heavy atom. The zero-order valence-electron chi connectivity index (χ0n) is 10.3. The van der Waals surface area contributed by atoms with E-state index in [1.807, 2.05) is 0 Å². The molecule has 6 heteroatoms. The number of nitrogens with one attached hydrogen (secondary N) is 1. The van der Waals surface area contributed by atoms with Gasteiger partial charge in [-0.3, -0.25) is 9.00 Å². The third kappa shape index (κ3) is 4.93. The number of hydrogen-bond donors (Lipinski definition) is 1. The molecule has 0 aromatic heterocycles. The second kappa shape index (κ2) is 7.23. The Hall–Kier alpha value is -1.27. The molecule has 2 unspecified atom stereocenters. The molecule has 0 saturated heterocycles. The van der Waals surface area contributed by atoms with Crippen molar-refractivity contribution in [2.24, 2.45) is 0 Å². The number of benzene rings is 1. The number of halogens is 1. The predicted molar refractivity (Wildman–Crippen MR) is 67.2 cm³/mol. The van der Waals surface area contributed by atoms with Crippen LogP contribution in [0.3, 0.4) is 0 Å². The molecule has 0 fully saturated rings. The molecule has 0 bridgehead atoms. The van der Waals surface area contributed by atoms with Crippen molar-refractivity contribution in [2.75, 3.05) is 19.5 Å². The van der Waals surface area contributed by atoms with Crippen molar-refractivity contribution in [3.8, 4) is 0 Å². The monoisotopic (exact) mass is 273 g/mol. The molecule has 1 aromatic rings. The first kappa shape index (κ1) is 14.8. The van der Waals surface area contributed by atoms with Gasteiger partial charge in [-0.05, 0) is 31.2 Å². The van der Waals surface area contributed by atoms with Crippen molar-refractivity contribution < 1.29 is 18.1 Å². The fourth-order valence-electron chi connectivity index (χ4n) is 1.40. The summed E-state index contributed by atoms with van der Waals surface area (Å²) in [6.07, 6.45) is 0. The van der Waals surface area contributed by atoms with Gasteiger partial charge in [0, 0.05) is 18.0 Å². The lowest BCUT2D eigenvalue weighted by atomic mass is 10.3. The van der Waals surface area contributed by atoms with Gasteiger partial charge in [0.2, 0.25) is 5.91 Å². The van der Waals surface area contributed by atoms with E-state index in [2.05, 4.69) is 5.32 Å². The Morgan fingerprint density at radius 3 is 2.61 bits per heavy atom. The second-order valence-corrected chi connectivity index (χ2v) is 5.32. The Labute approximate surface area is 108 Å². The maximum Gasteiger partial charge on any atom is 0.233 e. The minimum Gasteiger partial charge on any atom is -0.383 e. The lowest BCUT2D eigenvalue weighted by molar-refractivity contribution is -0.119. The molecule has 0 aliphatic carbocycles. The Kier molecular flexibility index (Phi) is 5.94. The van der Waals surface area contributed by atoms with Gasteiger partial charge in [-0.25, -0.2) is 4.39 Å². The highest BCUT2D eigenvalue weighted by Crippen LogP contribution is 2.07. The smallest absolute Gasteiger partial charge is 0.233 e. The van der Waals surface area contributed by atoms with Crippen LogP contribution in [0.25, 0.3) is 0 Å². The van der Waals surface area contributed by atoms with Gasteiger partial charge in [0.15, 0.2) is 0 Å². The normalized spacial score (nSPS) is 13.9. The van der Waals surface area contributed by atoms with Gasteiger partial charge in [-0.2, -0.15) is 0 Å². The van der Waals surface area contributed by atoms with E-state index in [1.54, 1.807) is 14.0 Å². The highest BCUT2D eigenvalue weighted by molar-refractivity contribution is 7.85. The quantitative estimate of drug-likeness (QED) is 0.844. The highest BCUT2D eigenvalue weighted by Gasteiger charge is 2.12. The molecular weight excluding hydrogens is 257 g/mol. The van der Waals surface area contributed by atoms with Crippen LogP contribution in [0.2, 0.25) is 0 Å².